The van der Waals surface area contributed by atoms with Crippen LogP contribution >= 0.6 is 0 Å². The van der Waals surface area contributed by atoms with Crippen molar-refractivity contribution in [2.45, 2.75) is 32.4 Å². The third-order valence-corrected chi connectivity index (χ3v) is 7.68. The Hall–Kier alpha value is -5.00. The third kappa shape index (κ3) is 5.40. The molecule has 41 heavy (non-hydrogen) atoms. The second-order valence-corrected chi connectivity index (χ2v) is 10.4. The monoisotopic (exact) mass is 542 g/mol. The predicted octanol–water partition coefficient (Wildman–Crippen LogP) is 6.40. The minimum absolute atomic E-state index is 0.0326. The number of pyridine rings is 1. The van der Waals surface area contributed by atoms with Gasteiger partial charge in [-0.3, -0.25) is 14.3 Å². The number of nitrogens with one attached hydrogen (secondary N) is 2. The van der Waals surface area contributed by atoms with E-state index in [1.807, 2.05) is 59.2 Å². The fourth-order valence-electron chi connectivity index (χ4n) is 5.70. The van der Waals surface area contributed by atoms with Crippen molar-refractivity contribution in [3.05, 3.63) is 112 Å². The number of para-hydroxylation sites is 2. The molecular weight excluding hydrogens is 512 g/mol. The lowest BCUT2D eigenvalue weighted by molar-refractivity contribution is -0.114. The zero-order chi connectivity index (χ0) is 28.3. The van der Waals surface area contributed by atoms with Crippen molar-refractivity contribution in [1.29, 1.82) is 0 Å². The number of likely N-dealkylation sites (tertiary alicyclic amines) is 1. The zero-order valence-electron chi connectivity index (χ0n) is 22.8. The Morgan fingerprint density at radius 1 is 1.00 bits per heavy atom. The Morgan fingerprint density at radius 2 is 1.71 bits per heavy atom. The number of imidazole rings is 1. The number of H-pyrrole nitrogens is 1. The van der Waals surface area contributed by atoms with Gasteiger partial charge in [0.1, 0.15) is 5.82 Å². The molecule has 0 aliphatic carbocycles. The molecule has 1 amide bonds. The molecule has 8 nitrogen and oxygen atoms in total. The van der Waals surface area contributed by atoms with Crippen LogP contribution in [0.2, 0.25) is 0 Å². The summed E-state index contributed by atoms with van der Waals surface area (Å²) in [4.78, 5) is 38.2. The van der Waals surface area contributed by atoms with Crippen molar-refractivity contribution >= 4 is 28.4 Å². The van der Waals surface area contributed by atoms with Crippen LogP contribution in [0.3, 0.4) is 0 Å². The van der Waals surface area contributed by atoms with Crippen molar-refractivity contribution in [2.24, 2.45) is 0 Å². The van der Waals surface area contributed by atoms with Gasteiger partial charge in [-0.15, -0.1) is 0 Å². The fourth-order valence-corrected chi connectivity index (χ4v) is 5.70. The quantitative estimate of drug-likeness (QED) is 0.243. The van der Waals surface area contributed by atoms with Crippen LogP contribution in [0.15, 0.2) is 89.7 Å². The van der Waals surface area contributed by atoms with E-state index in [1.54, 1.807) is 6.07 Å². The maximum atomic E-state index is 12.6. The minimum atomic E-state index is -0.269. The second kappa shape index (κ2) is 11.2. The van der Waals surface area contributed by atoms with Gasteiger partial charge in [-0.05, 0) is 47.7 Å². The predicted molar refractivity (Wildman–Crippen MR) is 162 cm³/mol. The molecule has 1 aliphatic heterocycles. The lowest BCUT2D eigenvalue weighted by Crippen LogP contribution is -2.36. The Bertz CT molecular complexity index is 1810. The van der Waals surface area contributed by atoms with E-state index in [9.17, 15) is 9.59 Å². The van der Waals surface area contributed by atoms with Gasteiger partial charge in [0.2, 0.25) is 11.6 Å². The number of aromatic amines is 1. The first-order valence-corrected chi connectivity index (χ1v) is 13.8. The number of anilines is 1. The maximum absolute atomic E-state index is 12.6. The molecule has 5 aromatic rings. The van der Waals surface area contributed by atoms with Gasteiger partial charge < -0.3 is 10.3 Å². The molecule has 0 atom stereocenters. The van der Waals surface area contributed by atoms with Gasteiger partial charge in [-0.2, -0.15) is 0 Å². The van der Waals surface area contributed by atoms with Gasteiger partial charge in [-0.25, -0.2) is 14.6 Å². The van der Waals surface area contributed by atoms with Crippen LogP contribution < -0.4 is 11.0 Å². The Balaban J connectivity index is 1.21. The molecular formula is C33H30N6O2. The van der Waals surface area contributed by atoms with Crippen LogP contribution in [-0.2, 0) is 11.3 Å². The number of rotatable bonds is 6. The summed E-state index contributed by atoms with van der Waals surface area (Å²) in [6.07, 6.45) is 1.84. The first-order valence-electron chi connectivity index (χ1n) is 13.8. The summed E-state index contributed by atoms with van der Waals surface area (Å²) in [5.74, 6) is -0.00191. The Kier molecular flexibility index (Phi) is 7.19. The average molecular weight is 543 g/mol. The molecule has 3 heterocycles. The van der Waals surface area contributed by atoms with Gasteiger partial charge in [0.25, 0.3) is 0 Å². The van der Waals surface area contributed by atoms with Gasteiger partial charge in [0.15, 0.2) is 0 Å². The highest BCUT2D eigenvalue weighted by atomic mass is 16.2. The van der Waals surface area contributed by atoms with Crippen molar-refractivity contribution in [2.75, 3.05) is 18.4 Å². The van der Waals surface area contributed by atoms with Gasteiger partial charge >= 0.3 is 5.69 Å². The van der Waals surface area contributed by atoms with E-state index < -0.39 is 0 Å². The molecule has 6 rings (SSSR count). The second-order valence-electron chi connectivity index (χ2n) is 10.4. The Morgan fingerprint density at radius 3 is 2.41 bits per heavy atom. The molecule has 1 aliphatic rings. The largest absolute Gasteiger partial charge is 0.326 e. The summed E-state index contributed by atoms with van der Waals surface area (Å²) >= 11 is 0. The number of hydrogen-bond donors (Lipinski definition) is 2. The molecule has 0 unspecified atom stereocenters. The number of piperidine rings is 1. The summed E-state index contributed by atoms with van der Waals surface area (Å²) in [7, 11) is 0. The van der Waals surface area contributed by atoms with E-state index in [2.05, 4.69) is 44.3 Å². The van der Waals surface area contributed by atoms with Crippen LogP contribution in [0.5, 0.6) is 0 Å². The van der Waals surface area contributed by atoms with Gasteiger partial charge in [-0.1, -0.05) is 66.7 Å². The highest BCUT2D eigenvalue weighted by Crippen LogP contribution is 2.37. The summed E-state index contributed by atoms with van der Waals surface area (Å²) in [6, 6.07) is 28.1. The van der Waals surface area contributed by atoms with Crippen molar-refractivity contribution in [3.8, 4) is 22.4 Å². The molecule has 0 radical (unpaired) electrons. The van der Waals surface area contributed by atoms with E-state index in [0.29, 0.717) is 11.4 Å². The molecule has 2 N–H and O–H groups in total. The summed E-state index contributed by atoms with van der Waals surface area (Å²) in [5.41, 5.74) is 6.74. The number of aromatic nitrogens is 3. The average Bonchev–Trinajstić information content (AvgIpc) is 3.33. The van der Waals surface area contributed by atoms with Crippen LogP contribution in [0.1, 0.15) is 31.4 Å². The van der Waals surface area contributed by atoms with E-state index >= 15 is 0 Å². The number of nitrogens with zero attached hydrogens (tertiary/aromatic N) is 4. The van der Waals surface area contributed by atoms with Crippen LogP contribution in [-0.4, -0.2) is 38.4 Å². The van der Waals surface area contributed by atoms with Crippen molar-refractivity contribution < 1.29 is 4.79 Å². The van der Waals surface area contributed by atoms with E-state index in [4.69, 9.17) is 11.6 Å². The number of benzene rings is 3. The standard InChI is InChI=1S/C33H30N6O2/c1-22(40)35-32-29(34-2)20-27(24-8-4-3-5-9-24)31(37-32)25-14-12-23(13-15-25)21-38-18-16-26(17-19-38)39-30-11-7-6-10-28(30)36-33(39)41/h3-15,20,26H,16-19,21H2,1H3,(H,36,41)(H,35,37,40). The van der Waals surface area contributed by atoms with Crippen molar-refractivity contribution in [3.63, 3.8) is 0 Å². The first kappa shape index (κ1) is 26.2. The van der Waals surface area contributed by atoms with Crippen molar-refractivity contribution in [1.82, 2.24) is 19.4 Å². The van der Waals surface area contributed by atoms with E-state index in [1.165, 1.54) is 12.5 Å². The van der Waals surface area contributed by atoms with Crippen LogP contribution in [0, 0.1) is 6.57 Å². The van der Waals surface area contributed by atoms with Crippen LogP contribution in [0.4, 0.5) is 11.5 Å². The van der Waals surface area contributed by atoms with Gasteiger partial charge in [0.05, 0.1) is 23.3 Å². The Labute approximate surface area is 238 Å². The number of hydrogen-bond acceptors (Lipinski definition) is 4. The molecule has 0 bridgehead atoms. The topological polar surface area (TPSA) is 87.4 Å². The van der Waals surface area contributed by atoms with Gasteiger partial charge in [0, 0.05) is 38.2 Å². The SMILES string of the molecule is [C-]#[N+]c1cc(-c2ccccc2)c(-c2ccc(CN3CCC(n4c(=O)[nH]c5ccccc54)CC3)cc2)nc1NC(C)=O. The molecule has 3 aromatic carbocycles. The molecule has 0 saturated carbocycles. The highest BCUT2D eigenvalue weighted by molar-refractivity contribution is 5.94. The molecule has 8 heteroatoms. The molecule has 0 spiro atoms. The lowest BCUT2D eigenvalue weighted by atomic mass is 9.97. The van der Waals surface area contributed by atoms with E-state index in [-0.39, 0.29) is 23.5 Å². The maximum Gasteiger partial charge on any atom is 0.326 e. The molecule has 2 aromatic heterocycles. The zero-order valence-corrected chi connectivity index (χ0v) is 22.8. The number of amides is 1. The highest BCUT2D eigenvalue weighted by Gasteiger charge is 2.24. The number of carbonyl (C=O) groups is 1. The normalized spacial score (nSPS) is 14.1. The molecule has 1 saturated heterocycles. The van der Waals surface area contributed by atoms with E-state index in [0.717, 1.165) is 60.2 Å². The van der Waals surface area contributed by atoms with Crippen LogP contribution in [0.25, 0.3) is 38.3 Å². The lowest BCUT2D eigenvalue weighted by Gasteiger charge is -2.32. The summed E-state index contributed by atoms with van der Waals surface area (Å²) < 4.78 is 1.92. The number of fused-ring (bicyclic) bond motifs is 1. The number of carbonyl (C=O) groups excluding carboxylic acids is 1. The fraction of sp³-hybridized carbons (Fsp3) is 0.212. The third-order valence-electron chi connectivity index (χ3n) is 7.68. The summed E-state index contributed by atoms with van der Waals surface area (Å²) in [6.45, 7) is 11.7. The summed E-state index contributed by atoms with van der Waals surface area (Å²) in [5, 5.41) is 2.71. The molecule has 1 fully saturated rings. The smallest absolute Gasteiger partial charge is 0.320 e. The minimum Gasteiger partial charge on any atom is -0.320 e. The first-order chi connectivity index (χ1) is 20.0. The molecule has 204 valence electrons.